The van der Waals surface area contributed by atoms with E-state index in [1.807, 2.05) is 6.07 Å². The molecule has 2 heterocycles. The second-order valence-corrected chi connectivity index (χ2v) is 11.1. The fourth-order valence-electron chi connectivity index (χ4n) is 4.93. The van der Waals surface area contributed by atoms with Crippen molar-refractivity contribution in [1.82, 2.24) is 10.3 Å². The zero-order chi connectivity index (χ0) is 25.5. The Morgan fingerprint density at radius 1 is 1.17 bits per heavy atom. The van der Waals surface area contributed by atoms with Crippen molar-refractivity contribution in [2.45, 2.75) is 76.3 Å². The van der Waals surface area contributed by atoms with Crippen LogP contribution in [0, 0.1) is 0 Å². The van der Waals surface area contributed by atoms with Crippen LogP contribution < -0.4 is 16.0 Å². The van der Waals surface area contributed by atoms with Crippen LogP contribution in [0.1, 0.15) is 46.5 Å². The predicted molar refractivity (Wildman–Crippen MR) is 147 cm³/mol. The number of halogens is 1. The number of rotatable bonds is 10. The van der Waals surface area contributed by atoms with Crippen molar-refractivity contribution in [3.8, 4) is 11.1 Å². The van der Waals surface area contributed by atoms with E-state index in [4.69, 9.17) is 25.8 Å². The Balaban J connectivity index is 1.33. The lowest BCUT2D eigenvalue weighted by atomic mass is 9.90. The molecule has 2 aromatic rings. The molecule has 1 aromatic carbocycles. The van der Waals surface area contributed by atoms with Crippen LogP contribution in [-0.2, 0) is 14.2 Å². The highest BCUT2D eigenvalue weighted by molar-refractivity contribution is 6.33. The van der Waals surface area contributed by atoms with Crippen molar-refractivity contribution in [3.63, 3.8) is 0 Å². The number of hydrogen-bond donors (Lipinski definition) is 3. The third-order valence-corrected chi connectivity index (χ3v) is 7.21. The SMILES string of the molecule is COCC(C)NC1CCC(Nc2cc(-c3cccc(NCC4COC(C)(C)CO4)c3)c(Cl)cn2)CC1. The summed E-state index contributed by atoms with van der Waals surface area (Å²) in [7, 11) is 1.75. The number of hydrogen-bond acceptors (Lipinski definition) is 7. The first kappa shape index (κ1) is 27.1. The van der Waals surface area contributed by atoms with E-state index in [0.717, 1.165) is 54.9 Å². The monoisotopic (exact) mass is 516 g/mol. The molecule has 4 rings (SSSR count). The minimum absolute atomic E-state index is 0.0375. The van der Waals surface area contributed by atoms with Gasteiger partial charge in [-0.05, 0) is 70.2 Å². The maximum absolute atomic E-state index is 6.58. The molecule has 3 N–H and O–H groups in total. The molecule has 2 fully saturated rings. The number of aromatic nitrogens is 1. The van der Waals surface area contributed by atoms with Crippen LogP contribution in [0.5, 0.6) is 0 Å². The van der Waals surface area contributed by atoms with Crippen LogP contribution in [0.4, 0.5) is 11.5 Å². The zero-order valence-electron chi connectivity index (χ0n) is 22.0. The number of ether oxygens (including phenoxy) is 3. The third-order valence-electron chi connectivity index (χ3n) is 6.91. The van der Waals surface area contributed by atoms with Gasteiger partial charge in [0.1, 0.15) is 5.82 Å². The van der Waals surface area contributed by atoms with E-state index >= 15 is 0 Å². The zero-order valence-corrected chi connectivity index (χ0v) is 22.7. The normalized spacial score (nSPS) is 24.8. The summed E-state index contributed by atoms with van der Waals surface area (Å²) in [5, 5.41) is 11.4. The Morgan fingerprint density at radius 2 is 1.94 bits per heavy atom. The summed E-state index contributed by atoms with van der Waals surface area (Å²) in [5.41, 5.74) is 2.84. The summed E-state index contributed by atoms with van der Waals surface area (Å²) < 4.78 is 17.1. The second-order valence-electron chi connectivity index (χ2n) is 10.7. The maximum atomic E-state index is 6.58. The molecule has 1 saturated heterocycles. The van der Waals surface area contributed by atoms with Gasteiger partial charge in [-0.3, -0.25) is 0 Å². The van der Waals surface area contributed by atoms with Crippen LogP contribution in [0.2, 0.25) is 5.02 Å². The largest absolute Gasteiger partial charge is 0.383 e. The highest BCUT2D eigenvalue weighted by Crippen LogP contribution is 2.32. The molecule has 36 heavy (non-hydrogen) atoms. The molecule has 2 atom stereocenters. The van der Waals surface area contributed by atoms with E-state index < -0.39 is 0 Å². The quantitative estimate of drug-likeness (QED) is 0.392. The molecule has 7 nitrogen and oxygen atoms in total. The third kappa shape index (κ3) is 7.80. The van der Waals surface area contributed by atoms with Gasteiger partial charge in [0.25, 0.3) is 0 Å². The molecule has 8 heteroatoms. The molecule has 1 saturated carbocycles. The summed E-state index contributed by atoms with van der Waals surface area (Å²) in [4.78, 5) is 4.56. The molecule has 1 aliphatic heterocycles. The molecule has 2 unspecified atom stereocenters. The van der Waals surface area contributed by atoms with Crippen LogP contribution in [0.15, 0.2) is 36.5 Å². The van der Waals surface area contributed by atoms with Crippen LogP contribution in [0.25, 0.3) is 11.1 Å². The lowest BCUT2D eigenvalue weighted by Crippen LogP contribution is -2.44. The van der Waals surface area contributed by atoms with Gasteiger partial charge < -0.3 is 30.2 Å². The van der Waals surface area contributed by atoms with E-state index in [0.29, 0.717) is 42.9 Å². The number of benzene rings is 1. The number of anilines is 2. The summed E-state index contributed by atoms with van der Waals surface area (Å²) in [5.74, 6) is 0.868. The van der Waals surface area contributed by atoms with Gasteiger partial charge in [-0.2, -0.15) is 0 Å². The van der Waals surface area contributed by atoms with Crippen molar-refractivity contribution in [3.05, 3.63) is 41.6 Å². The summed E-state index contributed by atoms with van der Waals surface area (Å²) >= 11 is 6.58. The first-order valence-corrected chi connectivity index (χ1v) is 13.5. The molecule has 2 aliphatic rings. The Hall–Kier alpha value is -1.90. The number of pyridine rings is 1. The molecule has 198 valence electrons. The molecule has 0 radical (unpaired) electrons. The van der Waals surface area contributed by atoms with Crippen molar-refractivity contribution in [2.24, 2.45) is 0 Å². The van der Waals surface area contributed by atoms with Crippen molar-refractivity contribution in [1.29, 1.82) is 0 Å². The average Bonchev–Trinajstić information content (AvgIpc) is 2.86. The predicted octanol–water partition coefficient (Wildman–Crippen LogP) is 5.36. The van der Waals surface area contributed by atoms with E-state index in [-0.39, 0.29) is 11.7 Å². The van der Waals surface area contributed by atoms with Gasteiger partial charge in [0.15, 0.2) is 0 Å². The summed E-state index contributed by atoms with van der Waals surface area (Å²) in [6.45, 7) is 8.91. The Kier molecular flexibility index (Phi) is 9.47. The molecular weight excluding hydrogens is 476 g/mol. The van der Waals surface area contributed by atoms with Crippen molar-refractivity contribution < 1.29 is 14.2 Å². The van der Waals surface area contributed by atoms with Gasteiger partial charge in [0, 0.05) is 49.2 Å². The highest BCUT2D eigenvalue weighted by Gasteiger charge is 2.28. The topological polar surface area (TPSA) is 76.7 Å². The molecule has 1 aromatic heterocycles. The van der Waals surface area contributed by atoms with Crippen LogP contribution in [-0.4, -0.2) is 68.3 Å². The van der Waals surface area contributed by atoms with E-state index in [1.165, 1.54) is 0 Å². The fourth-order valence-corrected chi connectivity index (χ4v) is 5.14. The van der Waals surface area contributed by atoms with Crippen LogP contribution >= 0.6 is 11.6 Å². The average molecular weight is 517 g/mol. The van der Waals surface area contributed by atoms with E-state index in [9.17, 15) is 0 Å². The number of nitrogens with one attached hydrogen (secondary N) is 3. The lowest BCUT2D eigenvalue weighted by Gasteiger charge is -2.35. The first-order chi connectivity index (χ1) is 17.3. The first-order valence-electron chi connectivity index (χ1n) is 13.1. The Morgan fingerprint density at radius 3 is 2.67 bits per heavy atom. The van der Waals surface area contributed by atoms with Gasteiger partial charge >= 0.3 is 0 Å². The van der Waals surface area contributed by atoms with Gasteiger partial charge in [-0.25, -0.2) is 4.98 Å². The lowest BCUT2D eigenvalue weighted by molar-refractivity contribution is -0.170. The van der Waals surface area contributed by atoms with Crippen LogP contribution in [0.3, 0.4) is 0 Å². The van der Waals surface area contributed by atoms with Crippen molar-refractivity contribution >= 4 is 23.1 Å². The van der Waals surface area contributed by atoms with Gasteiger partial charge in [0.05, 0.1) is 36.5 Å². The summed E-state index contributed by atoms with van der Waals surface area (Å²) in [6.07, 6.45) is 6.30. The minimum Gasteiger partial charge on any atom is -0.383 e. The minimum atomic E-state index is -0.209. The number of methoxy groups -OCH3 is 1. The maximum Gasteiger partial charge on any atom is 0.126 e. The standard InChI is InChI=1S/C28H41ClN4O3/c1-19(16-34-4)32-21-8-10-22(11-9-21)33-27-13-25(26(29)15-31-27)20-6-5-7-23(12-20)30-14-24-17-36-28(2,3)18-35-24/h5-7,12-13,15,19,21-22,24,30,32H,8-11,14,16-18H2,1-4H3,(H,31,33). The molecule has 0 amide bonds. The Labute approximate surface area is 220 Å². The molecule has 0 spiro atoms. The second kappa shape index (κ2) is 12.6. The number of nitrogens with zero attached hydrogens (tertiary/aromatic N) is 1. The highest BCUT2D eigenvalue weighted by atomic mass is 35.5. The molecule has 1 aliphatic carbocycles. The fraction of sp³-hybridized carbons (Fsp3) is 0.607. The van der Waals surface area contributed by atoms with Gasteiger partial charge in [-0.15, -0.1) is 0 Å². The molecular formula is C28H41ClN4O3. The molecule has 0 bridgehead atoms. The van der Waals surface area contributed by atoms with Crippen molar-refractivity contribution in [2.75, 3.05) is 44.1 Å². The smallest absolute Gasteiger partial charge is 0.126 e. The van der Waals surface area contributed by atoms with Gasteiger partial charge in [-0.1, -0.05) is 23.7 Å². The van der Waals surface area contributed by atoms with E-state index in [1.54, 1.807) is 13.3 Å². The van der Waals surface area contributed by atoms with Gasteiger partial charge in [0.2, 0.25) is 0 Å². The Bertz CT molecular complexity index is 971. The van der Waals surface area contributed by atoms with E-state index in [2.05, 4.69) is 66.0 Å². The summed E-state index contributed by atoms with van der Waals surface area (Å²) in [6, 6.07) is 11.7.